The fourth-order valence-electron chi connectivity index (χ4n) is 1.84. The Morgan fingerprint density at radius 1 is 1.14 bits per heavy atom. The fourth-order valence-corrected chi connectivity index (χ4v) is 3.69. The minimum absolute atomic E-state index is 0.0991. The smallest absolute Gasteiger partial charge is 0.273 e. The normalized spacial score (nSPS) is 11.1. The van der Waals surface area contributed by atoms with Gasteiger partial charge in [-0.15, -0.1) is 0 Å². The summed E-state index contributed by atoms with van der Waals surface area (Å²) in [4.78, 5) is 10.2. The van der Waals surface area contributed by atoms with Crippen molar-refractivity contribution in [1.82, 2.24) is 0 Å². The van der Waals surface area contributed by atoms with Crippen molar-refractivity contribution in [2.24, 2.45) is 0 Å². The van der Waals surface area contributed by atoms with Crippen LogP contribution in [0.15, 0.2) is 51.8 Å². The summed E-state index contributed by atoms with van der Waals surface area (Å²) in [6.45, 7) is 1.41. The summed E-state index contributed by atoms with van der Waals surface area (Å²) in [6.07, 6.45) is 0. The quantitative estimate of drug-likeness (QED) is 0.658. The molecule has 21 heavy (non-hydrogen) atoms. The Morgan fingerprint density at radius 3 is 2.43 bits per heavy atom. The molecule has 0 aromatic heterocycles. The van der Waals surface area contributed by atoms with Crippen molar-refractivity contribution in [2.45, 2.75) is 11.8 Å². The molecule has 1 N–H and O–H groups in total. The van der Waals surface area contributed by atoms with Gasteiger partial charge < -0.3 is 0 Å². The molecular weight excluding hydrogens is 360 g/mol. The predicted octanol–water partition coefficient (Wildman–Crippen LogP) is 3.47. The lowest BCUT2D eigenvalue weighted by Crippen LogP contribution is -2.15. The van der Waals surface area contributed by atoms with Gasteiger partial charge in [-0.05, 0) is 41.1 Å². The first-order valence-corrected chi connectivity index (χ1v) is 8.12. The second-order valence-corrected chi connectivity index (χ2v) is 6.75. The monoisotopic (exact) mass is 370 g/mol. The van der Waals surface area contributed by atoms with Crippen molar-refractivity contribution in [3.63, 3.8) is 0 Å². The van der Waals surface area contributed by atoms with Gasteiger partial charge in [-0.2, -0.15) is 0 Å². The first-order chi connectivity index (χ1) is 9.83. The van der Waals surface area contributed by atoms with E-state index >= 15 is 0 Å². The highest BCUT2D eigenvalue weighted by atomic mass is 79.9. The molecule has 2 rings (SSSR count). The van der Waals surface area contributed by atoms with Gasteiger partial charge >= 0.3 is 0 Å². The third-order valence-corrected chi connectivity index (χ3v) is 5.06. The van der Waals surface area contributed by atoms with Gasteiger partial charge in [0, 0.05) is 16.1 Å². The van der Waals surface area contributed by atoms with Crippen molar-refractivity contribution in [3.8, 4) is 0 Å². The van der Waals surface area contributed by atoms with Gasteiger partial charge in [0.15, 0.2) is 0 Å². The summed E-state index contributed by atoms with van der Waals surface area (Å²) < 4.78 is 27.8. The number of hydrogen-bond acceptors (Lipinski definition) is 4. The number of hydrogen-bond donors (Lipinski definition) is 1. The lowest BCUT2D eigenvalue weighted by molar-refractivity contribution is -0.385. The Balaban J connectivity index is 2.48. The minimum Gasteiger partial charge on any atom is -0.278 e. The molecule has 8 heteroatoms. The van der Waals surface area contributed by atoms with Gasteiger partial charge in [0.05, 0.1) is 15.5 Å². The number of nitrogens with one attached hydrogen (secondary N) is 1. The number of benzene rings is 2. The lowest BCUT2D eigenvalue weighted by Gasteiger charge is -2.11. The van der Waals surface area contributed by atoms with Gasteiger partial charge in [0.1, 0.15) is 0 Å². The Morgan fingerprint density at radius 2 is 1.81 bits per heavy atom. The van der Waals surface area contributed by atoms with Crippen LogP contribution in [0, 0.1) is 17.0 Å². The first kappa shape index (κ1) is 15.5. The number of nitrogens with zero attached hydrogens (tertiary/aromatic N) is 1. The third-order valence-electron chi connectivity index (χ3n) is 2.86. The van der Waals surface area contributed by atoms with Crippen LogP contribution in [0.3, 0.4) is 0 Å². The number of anilines is 1. The van der Waals surface area contributed by atoms with E-state index in [1.54, 1.807) is 24.3 Å². The highest BCUT2D eigenvalue weighted by molar-refractivity contribution is 9.10. The summed E-state index contributed by atoms with van der Waals surface area (Å²) in [5.41, 5.74) is 0.232. The number of sulfonamides is 1. The summed E-state index contributed by atoms with van der Waals surface area (Å²) in [5.74, 6) is 0. The van der Waals surface area contributed by atoms with Crippen LogP contribution in [0.25, 0.3) is 0 Å². The average molecular weight is 371 g/mol. The molecule has 0 radical (unpaired) electrons. The first-order valence-electron chi connectivity index (χ1n) is 5.84. The van der Waals surface area contributed by atoms with Crippen LogP contribution in [-0.2, 0) is 10.0 Å². The molecule has 0 spiro atoms. The van der Waals surface area contributed by atoms with E-state index in [1.165, 1.54) is 25.1 Å². The summed E-state index contributed by atoms with van der Waals surface area (Å²) in [6, 6.07) is 10.7. The van der Waals surface area contributed by atoms with Crippen LogP contribution in [0.1, 0.15) is 5.56 Å². The van der Waals surface area contributed by atoms with E-state index in [1.807, 2.05) is 0 Å². The van der Waals surface area contributed by atoms with E-state index in [2.05, 4.69) is 20.7 Å². The van der Waals surface area contributed by atoms with Gasteiger partial charge in [-0.25, -0.2) is 8.42 Å². The molecular formula is C13H11BrN2O4S. The molecule has 0 atom stereocenters. The second kappa shape index (κ2) is 5.82. The van der Waals surface area contributed by atoms with Crippen molar-refractivity contribution < 1.29 is 13.3 Å². The minimum atomic E-state index is -3.91. The molecule has 0 aliphatic rings. The molecule has 0 aliphatic heterocycles. The van der Waals surface area contributed by atoms with Gasteiger partial charge in [0.2, 0.25) is 0 Å². The molecule has 6 nitrogen and oxygen atoms in total. The number of nitro groups is 1. The molecule has 0 saturated carbocycles. The molecule has 0 bridgehead atoms. The number of rotatable bonds is 4. The Hall–Kier alpha value is -1.93. The van der Waals surface area contributed by atoms with Gasteiger partial charge in [-0.3, -0.25) is 14.8 Å². The Bertz CT molecular complexity index is 806. The van der Waals surface area contributed by atoms with Crippen LogP contribution < -0.4 is 4.72 Å². The van der Waals surface area contributed by atoms with E-state index in [9.17, 15) is 18.5 Å². The van der Waals surface area contributed by atoms with Crippen LogP contribution in [-0.4, -0.2) is 13.3 Å². The Labute approximate surface area is 130 Å². The molecule has 0 aliphatic carbocycles. The van der Waals surface area contributed by atoms with Gasteiger partial charge in [0.25, 0.3) is 15.7 Å². The van der Waals surface area contributed by atoms with Crippen LogP contribution >= 0.6 is 15.9 Å². The molecule has 0 heterocycles. The van der Waals surface area contributed by atoms with Crippen LogP contribution in [0.2, 0.25) is 0 Å². The molecule has 0 amide bonds. The zero-order valence-electron chi connectivity index (χ0n) is 10.9. The molecule has 2 aromatic carbocycles. The second-order valence-electron chi connectivity index (χ2n) is 4.24. The van der Waals surface area contributed by atoms with Gasteiger partial charge in [-0.1, -0.05) is 18.2 Å². The number of halogens is 1. The zero-order chi connectivity index (χ0) is 15.6. The molecule has 0 saturated heterocycles. The maximum atomic E-state index is 12.4. The van der Waals surface area contributed by atoms with Crippen LogP contribution in [0.5, 0.6) is 0 Å². The predicted molar refractivity (Wildman–Crippen MR) is 82.8 cm³/mol. The fraction of sp³-hybridized carbons (Fsp3) is 0.0769. The Kier molecular flexibility index (Phi) is 4.29. The SMILES string of the molecule is Cc1c([N+](=O)[O-])cccc1S(=O)(=O)Nc1ccccc1Br. The molecule has 0 fully saturated rings. The van der Waals surface area contributed by atoms with E-state index in [0.29, 0.717) is 10.2 Å². The van der Waals surface area contributed by atoms with E-state index in [-0.39, 0.29) is 16.1 Å². The maximum Gasteiger partial charge on any atom is 0.273 e. The highest BCUT2D eigenvalue weighted by Crippen LogP contribution is 2.28. The zero-order valence-corrected chi connectivity index (χ0v) is 13.3. The molecule has 110 valence electrons. The van der Waals surface area contributed by atoms with Crippen molar-refractivity contribution >= 4 is 37.3 Å². The molecule has 0 unspecified atom stereocenters. The number of nitro benzene ring substituents is 1. The summed E-state index contributed by atoms with van der Waals surface area (Å²) >= 11 is 3.24. The third kappa shape index (κ3) is 3.22. The lowest BCUT2D eigenvalue weighted by atomic mass is 10.2. The van der Waals surface area contributed by atoms with E-state index in [4.69, 9.17) is 0 Å². The largest absolute Gasteiger partial charge is 0.278 e. The van der Waals surface area contributed by atoms with Crippen LogP contribution in [0.4, 0.5) is 11.4 Å². The summed E-state index contributed by atoms with van der Waals surface area (Å²) in [7, 11) is -3.91. The maximum absolute atomic E-state index is 12.4. The average Bonchev–Trinajstić information content (AvgIpc) is 2.41. The van der Waals surface area contributed by atoms with Crippen molar-refractivity contribution in [3.05, 3.63) is 62.6 Å². The highest BCUT2D eigenvalue weighted by Gasteiger charge is 2.23. The topological polar surface area (TPSA) is 89.3 Å². The van der Waals surface area contributed by atoms with E-state index in [0.717, 1.165) is 0 Å². The van der Waals surface area contributed by atoms with E-state index < -0.39 is 14.9 Å². The van der Waals surface area contributed by atoms with Crippen molar-refractivity contribution in [2.75, 3.05) is 4.72 Å². The molecule has 2 aromatic rings. The standard InChI is InChI=1S/C13H11BrN2O4S/c1-9-12(16(17)18)7-4-8-13(9)21(19,20)15-11-6-3-2-5-10(11)14/h2-8,15H,1H3. The van der Waals surface area contributed by atoms with Crippen molar-refractivity contribution in [1.29, 1.82) is 0 Å². The summed E-state index contributed by atoms with van der Waals surface area (Å²) in [5, 5.41) is 10.9. The number of para-hydroxylation sites is 1.